The van der Waals surface area contributed by atoms with E-state index in [4.69, 9.17) is 4.42 Å². The van der Waals surface area contributed by atoms with Crippen molar-refractivity contribution < 1.29 is 9.21 Å². The van der Waals surface area contributed by atoms with E-state index in [1.54, 1.807) is 6.26 Å². The molecule has 2 aromatic rings. The first kappa shape index (κ1) is 15.2. The zero-order chi connectivity index (χ0) is 14.9. The first-order valence-corrected chi connectivity index (χ1v) is 7.31. The van der Waals surface area contributed by atoms with E-state index in [1.807, 2.05) is 30.3 Å². The van der Waals surface area contributed by atoms with Gasteiger partial charge in [-0.3, -0.25) is 4.79 Å². The number of hydrogen-bond donors (Lipinski definition) is 1. The van der Waals surface area contributed by atoms with Crippen molar-refractivity contribution >= 4 is 11.6 Å². The lowest BCUT2D eigenvalue weighted by atomic mass is 10.2. The van der Waals surface area contributed by atoms with Gasteiger partial charge in [0.1, 0.15) is 5.76 Å². The molecule has 1 N–H and O–H groups in total. The summed E-state index contributed by atoms with van der Waals surface area (Å²) in [6.45, 7) is 1.62. The fourth-order valence-corrected chi connectivity index (χ4v) is 2.14. The summed E-state index contributed by atoms with van der Waals surface area (Å²) in [6.07, 6.45) is 3.69. The second kappa shape index (κ2) is 8.15. The van der Waals surface area contributed by atoms with Crippen LogP contribution in [0.1, 0.15) is 18.6 Å². The van der Waals surface area contributed by atoms with Gasteiger partial charge in [0.2, 0.25) is 5.91 Å². The number of nitrogens with one attached hydrogen (secondary N) is 1. The molecule has 1 heterocycles. The van der Waals surface area contributed by atoms with Gasteiger partial charge in [-0.05, 0) is 30.7 Å². The highest BCUT2D eigenvalue weighted by Gasteiger charge is 2.04. The molecule has 0 spiro atoms. The number of hydrogen-bond acceptors (Lipinski definition) is 3. The smallest absolute Gasteiger partial charge is 0.220 e. The number of carbonyl (C=O) groups is 1. The minimum Gasteiger partial charge on any atom is -0.469 e. The number of aryl methyl sites for hydroxylation is 1. The molecule has 21 heavy (non-hydrogen) atoms. The third-order valence-corrected chi connectivity index (χ3v) is 3.37. The average molecular weight is 286 g/mol. The number of para-hydroxylation sites is 1. The summed E-state index contributed by atoms with van der Waals surface area (Å²) in [5, 5.41) is 2.94. The Hall–Kier alpha value is -2.23. The molecule has 0 radical (unpaired) electrons. The molecule has 2 rings (SSSR count). The van der Waals surface area contributed by atoms with Crippen molar-refractivity contribution in [2.24, 2.45) is 0 Å². The third kappa shape index (κ3) is 5.34. The molecule has 0 saturated heterocycles. The molecule has 1 amide bonds. The maximum absolute atomic E-state index is 11.7. The predicted molar refractivity (Wildman–Crippen MR) is 84.4 cm³/mol. The van der Waals surface area contributed by atoms with E-state index in [2.05, 4.69) is 29.4 Å². The minimum absolute atomic E-state index is 0.0776. The van der Waals surface area contributed by atoms with Crippen LogP contribution >= 0.6 is 0 Å². The minimum atomic E-state index is 0.0776. The van der Waals surface area contributed by atoms with Crippen LogP contribution in [0.4, 0.5) is 5.69 Å². The predicted octanol–water partition coefficient (Wildman–Crippen LogP) is 2.85. The van der Waals surface area contributed by atoms with E-state index in [-0.39, 0.29) is 5.91 Å². The fraction of sp³-hybridized carbons (Fsp3) is 0.353. The van der Waals surface area contributed by atoms with Crippen molar-refractivity contribution in [3.8, 4) is 0 Å². The lowest BCUT2D eigenvalue weighted by Gasteiger charge is -2.19. The van der Waals surface area contributed by atoms with Gasteiger partial charge in [0.05, 0.1) is 6.26 Å². The Balaban J connectivity index is 1.58. The van der Waals surface area contributed by atoms with Crippen LogP contribution in [0.15, 0.2) is 53.1 Å². The molecule has 0 fully saturated rings. The highest BCUT2D eigenvalue weighted by molar-refractivity contribution is 5.76. The molecule has 112 valence electrons. The number of amides is 1. The number of benzene rings is 1. The third-order valence-electron chi connectivity index (χ3n) is 3.37. The summed E-state index contributed by atoms with van der Waals surface area (Å²) in [5.74, 6) is 0.933. The van der Waals surface area contributed by atoms with Gasteiger partial charge in [-0.1, -0.05) is 18.2 Å². The van der Waals surface area contributed by atoms with Crippen LogP contribution in [0.5, 0.6) is 0 Å². The number of anilines is 1. The van der Waals surface area contributed by atoms with Crippen LogP contribution in [0, 0.1) is 0 Å². The van der Waals surface area contributed by atoms with Gasteiger partial charge < -0.3 is 14.6 Å². The molecule has 0 bridgehead atoms. The normalized spacial score (nSPS) is 10.3. The van der Waals surface area contributed by atoms with Gasteiger partial charge in [0, 0.05) is 38.7 Å². The first-order valence-electron chi connectivity index (χ1n) is 7.31. The lowest BCUT2D eigenvalue weighted by Crippen LogP contribution is -2.28. The highest BCUT2D eigenvalue weighted by Crippen LogP contribution is 2.10. The Morgan fingerprint density at radius 3 is 2.71 bits per heavy atom. The van der Waals surface area contributed by atoms with Crippen LogP contribution in [0.25, 0.3) is 0 Å². The Morgan fingerprint density at radius 2 is 2.00 bits per heavy atom. The van der Waals surface area contributed by atoms with E-state index >= 15 is 0 Å². The molecule has 0 saturated carbocycles. The molecular formula is C17H22N2O2. The van der Waals surface area contributed by atoms with Crippen LogP contribution in [0.3, 0.4) is 0 Å². The number of nitrogens with zero attached hydrogens (tertiary/aromatic N) is 1. The standard InChI is InChI=1S/C17H22N2O2/c1-19(15-7-3-2-4-8-15)13-6-12-18-17(20)11-10-16-9-5-14-21-16/h2-5,7-9,14H,6,10-13H2,1H3,(H,18,20). The molecule has 0 atom stereocenters. The molecule has 4 heteroatoms. The monoisotopic (exact) mass is 286 g/mol. The Labute approximate surface area is 125 Å². The van der Waals surface area contributed by atoms with Gasteiger partial charge in [0.15, 0.2) is 0 Å². The van der Waals surface area contributed by atoms with E-state index in [9.17, 15) is 4.79 Å². The summed E-state index contributed by atoms with van der Waals surface area (Å²) in [4.78, 5) is 13.9. The van der Waals surface area contributed by atoms with Crippen molar-refractivity contribution in [1.29, 1.82) is 0 Å². The molecular weight excluding hydrogens is 264 g/mol. The highest BCUT2D eigenvalue weighted by atomic mass is 16.3. The summed E-state index contributed by atoms with van der Waals surface area (Å²) in [7, 11) is 2.06. The molecule has 1 aromatic heterocycles. The number of rotatable bonds is 8. The van der Waals surface area contributed by atoms with Crippen molar-refractivity contribution in [2.45, 2.75) is 19.3 Å². The van der Waals surface area contributed by atoms with E-state index in [1.165, 1.54) is 5.69 Å². The summed E-state index contributed by atoms with van der Waals surface area (Å²) >= 11 is 0. The maximum atomic E-state index is 11.7. The van der Waals surface area contributed by atoms with Gasteiger partial charge in [-0.25, -0.2) is 0 Å². The molecule has 0 aliphatic heterocycles. The molecule has 4 nitrogen and oxygen atoms in total. The molecule has 0 unspecified atom stereocenters. The second-order valence-electron chi connectivity index (χ2n) is 5.04. The maximum Gasteiger partial charge on any atom is 0.220 e. The van der Waals surface area contributed by atoms with Gasteiger partial charge >= 0.3 is 0 Å². The van der Waals surface area contributed by atoms with Gasteiger partial charge in [-0.15, -0.1) is 0 Å². The lowest BCUT2D eigenvalue weighted by molar-refractivity contribution is -0.121. The molecule has 1 aromatic carbocycles. The van der Waals surface area contributed by atoms with Crippen LogP contribution in [-0.4, -0.2) is 26.0 Å². The van der Waals surface area contributed by atoms with Gasteiger partial charge in [-0.2, -0.15) is 0 Å². The zero-order valence-corrected chi connectivity index (χ0v) is 12.4. The van der Waals surface area contributed by atoms with Crippen molar-refractivity contribution in [2.75, 3.05) is 25.0 Å². The van der Waals surface area contributed by atoms with Crippen LogP contribution < -0.4 is 10.2 Å². The number of carbonyl (C=O) groups excluding carboxylic acids is 1. The van der Waals surface area contributed by atoms with Gasteiger partial charge in [0.25, 0.3) is 0 Å². The van der Waals surface area contributed by atoms with Crippen LogP contribution in [-0.2, 0) is 11.2 Å². The SMILES string of the molecule is CN(CCCNC(=O)CCc1ccco1)c1ccccc1. The Morgan fingerprint density at radius 1 is 1.19 bits per heavy atom. The Bertz CT molecular complexity index is 523. The largest absolute Gasteiger partial charge is 0.469 e. The summed E-state index contributed by atoms with van der Waals surface area (Å²) in [6, 6.07) is 14.0. The summed E-state index contributed by atoms with van der Waals surface area (Å²) in [5.41, 5.74) is 1.20. The molecule has 0 aliphatic rings. The molecule has 0 aliphatic carbocycles. The summed E-state index contributed by atoms with van der Waals surface area (Å²) < 4.78 is 5.20. The quantitative estimate of drug-likeness (QED) is 0.759. The van der Waals surface area contributed by atoms with E-state index in [0.717, 1.165) is 18.7 Å². The van der Waals surface area contributed by atoms with Crippen LogP contribution in [0.2, 0.25) is 0 Å². The van der Waals surface area contributed by atoms with Crippen molar-refractivity contribution in [3.05, 3.63) is 54.5 Å². The van der Waals surface area contributed by atoms with E-state index in [0.29, 0.717) is 19.4 Å². The first-order chi connectivity index (χ1) is 10.3. The van der Waals surface area contributed by atoms with E-state index < -0.39 is 0 Å². The zero-order valence-electron chi connectivity index (χ0n) is 12.4. The topological polar surface area (TPSA) is 45.5 Å². The fourth-order valence-electron chi connectivity index (χ4n) is 2.14. The van der Waals surface area contributed by atoms with Crippen molar-refractivity contribution in [3.63, 3.8) is 0 Å². The second-order valence-corrected chi connectivity index (χ2v) is 5.04. The average Bonchev–Trinajstić information content (AvgIpc) is 3.03. The van der Waals surface area contributed by atoms with Crippen molar-refractivity contribution in [1.82, 2.24) is 5.32 Å². The number of furan rings is 1. The Kier molecular flexibility index (Phi) is 5.88.